The Labute approximate surface area is 368 Å². The summed E-state index contributed by atoms with van der Waals surface area (Å²) in [5.74, 6) is -0.449. The lowest BCUT2D eigenvalue weighted by Gasteiger charge is -2.24. The molecule has 3 atom stereocenters. The number of aliphatic hydroxyl groups excluding tert-OH is 2. The van der Waals surface area contributed by atoms with Crippen molar-refractivity contribution in [3.8, 4) is 0 Å². The molecule has 3 N–H and O–H groups in total. The molecule has 0 aromatic carbocycles. The van der Waals surface area contributed by atoms with Crippen LogP contribution >= 0.6 is 0 Å². The number of ether oxygens (including phenoxy) is 1. The highest BCUT2D eigenvalue weighted by Gasteiger charge is 2.24. The van der Waals surface area contributed by atoms with Gasteiger partial charge in [0.05, 0.1) is 25.2 Å². The summed E-state index contributed by atoms with van der Waals surface area (Å²) in [6, 6.07) is -0.691. The summed E-state index contributed by atoms with van der Waals surface area (Å²) in [6.07, 6.45) is 51.6. The predicted octanol–water partition coefficient (Wildman–Crippen LogP) is 16.0. The van der Waals surface area contributed by atoms with Crippen molar-refractivity contribution in [3.63, 3.8) is 0 Å². The molecule has 6 heteroatoms. The zero-order valence-corrected chi connectivity index (χ0v) is 40.2. The van der Waals surface area contributed by atoms with Gasteiger partial charge in [-0.2, -0.15) is 0 Å². The number of rotatable bonds is 49. The molecule has 0 aromatic heterocycles. The van der Waals surface area contributed by atoms with Crippen LogP contribution in [0.5, 0.6) is 0 Å². The number of nitrogens with one attached hydrogen (secondary N) is 1. The SMILES string of the molecule is CCCCCCCCCCCCCCCCCCC(CC(=O)NC(CO)C(O)CCCCCCCCCCCCC)OC(=O)CCCCCCCCCCCCCCC. The van der Waals surface area contributed by atoms with Crippen LogP contribution in [-0.2, 0) is 14.3 Å². The van der Waals surface area contributed by atoms with Crippen molar-refractivity contribution in [3.05, 3.63) is 0 Å². The van der Waals surface area contributed by atoms with E-state index in [4.69, 9.17) is 4.74 Å². The van der Waals surface area contributed by atoms with Crippen molar-refractivity contribution in [2.24, 2.45) is 0 Å². The third kappa shape index (κ3) is 43.3. The van der Waals surface area contributed by atoms with E-state index in [1.807, 2.05) is 0 Å². The van der Waals surface area contributed by atoms with Crippen LogP contribution in [0.4, 0.5) is 0 Å². The molecular formula is C53H105NO5. The summed E-state index contributed by atoms with van der Waals surface area (Å²) in [5.41, 5.74) is 0. The smallest absolute Gasteiger partial charge is 0.306 e. The van der Waals surface area contributed by atoms with E-state index < -0.39 is 18.2 Å². The van der Waals surface area contributed by atoms with E-state index >= 15 is 0 Å². The number of esters is 1. The van der Waals surface area contributed by atoms with E-state index in [9.17, 15) is 19.8 Å². The van der Waals surface area contributed by atoms with Crippen LogP contribution in [0.2, 0.25) is 0 Å². The first-order valence-electron chi connectivity index (χ1n) is 26.8. The molecule has 0 spiro atoms. The predicted molar refractivity (Wildman–Crippen MR) is 255 cm³/mol. The molecule has 3 unspecified atom stereocenters. The number of carbonyl (C=O) groups excluding carboxylic acids is 2. The first-order chi connectivity index (χ1) is 29.0. The summed E-state index contributed by atoms with van der Waals surface area (Å²) < 4.78 is 5.95. The standard InChI is InChI=1S/C53H105NO5/c1-4-7-10-13-16-19-22-24-25-26-28-30-32-35-38-41-44-49(59-53(58)46-43-40-37-34-31-27-23-20-17-14-11-8-5-2)47-52(57)54-50(48-55)51(56)45-42-39-36-33-29-21-18-15-12-9-6-3/h49-51,55-56H,4-48H2,1-3H3,(H,54,57). The maximum atomic E-state index is 13.2. The van der Waals surface area contributed by atoms with E-state index in [1.165, 1.54) is 218 Å². The minimum Gasteiger partial charge on any atom is -0.462 e. The molecular weight excluding hydrogens is 731 g/mol. The lowest BCUT2D eigenvalue weighted by Crippen LogP contribution is -2.46. The lowest BCUT2D eigenvalue weighted by molar-refractivity contribution is -0.151. The number of unbranched alkanes of at least 4 members (excludes halogenated alkanes) is 37. The monoisotopic (exact) mass is 836 g/mol. The zero-order chi connectivity index (χ0) is 43.1. The van der Waals surface area contributed by atoms with Gasteiger partial charge in [-0.25, -0.2) is 0 Å². The highest BCUT2D eigenvalue weighted by Crippen LogP contribution is 2.19. The van der Waals surface area contributed by atoms with Crippen molar-refractivity contribution < 1.29 is 24.5 Å². The molecule has 0 bridgehead atoms. The van der Waals surface area contributed by atoms with Crippen molar-refractivity contribution in [1.29, 1.82) is 0 Å². The highest BCUT2D eigenvalue weighted by atomic mass is 16.5. The average Bonchev–Trinajstić information content (AvgIpc) is 3.23. The Kier molecular flexibility index (Phi) is 47.0. The van der Waals surface area contributed by atoms with Crippen molar-refractivity contribution >= 4 is 11.9 Å². The zero-order valence-electron chi connectivity index (χ0n) is 40.2. The van der Waals surface area contributed by atoms with E-state index in [-0.39, 0.29) is 24.9 Å². The van der Waals surface area contributed by atoms with E-state index in [2.05, 4.69) is 26.1 Å². The Bertz CT molecular complexity index is 852. The van der Waals surface area contributed by atoms with Crippen LogP contribution in [0.3, 0.4) is 0 Å². The molecule has 0 radical (unpaired) electrons. The Morgan fingerprint density at radius 3 is 1.03 bits per heavy atom. The van der Waals surface area contributed by atoms with E-state index in [0.29, 0.717) is 19.3 Å². The van der Waals surface area contributed by atoms with Gasteiger partial charge in [0.15, 0.2) is 0 Å². The van der Waals surface area contributed by atoms with Crippen LogP contribution < -0.4 is 5.32 Å². The third-order valence-corrected chi connectivity index (χ3v) is 12.7. The number of carbonyl (C=O) groups is 2. The maximum Gasteiger partial charge on any atom is 0.306 e. The van der Waals surface area contributed by atoms with Crippen LogP contribution in [0.25, 0.3) is 0 Å². The Morgan fingerprint density at radius 2 is 0.712 bits per heavy atom. The molecule has 0 aliphatic carbocycles. The second-order valence-electron chi connectivity index (χ2n) is 18.6. The summed E-state index contributed by atoms with van der Waals surface area (Å²) in [5, 5.41) is 23.8. The van der Waals surface area contributed by atoms with E-state index in [0.717, 1.165) is 38.5 Å². The van der Waals surface area contributed by atoms with Gasteiger partial charge in [0.2, 0.25) is 5.91 Å². The second kappa shape index (κ2) is 47.9. The van der Waals surface area contributed by atoms with Crippen molar-refractivity contribution in [2.75, 3.05) is 6.61 Å². The van der Waals surface area contributed by atoms with Gasteiger partial charge in [-0.3, -0.25) is 9.59 Å². The molecule has 1 amide bonds. The Hall–Kier alpha value is -1.14. The first-order valence-corrected chi connectivity index (χ1v) is 26.8. The van der Waals surface area contributed by atoms with Gasteiger partial charge >= 0.3 is 5.97 Å². The van der Waals surface area contributed by atoms with Crippen LogP contribution in [0, 0.1) is 0 Å². The first kappa shape index (κ1) is 57.9. The fourth-order valence-electron chi connectivity index (χ4n) is 8.61. The molecule has 6 nitrogen and oxygen atoms in total. The van der Waals surface area contributed by atoms with Gasteiger partial charge in [0, 0.05) is 6.42 Å². The summed E-state index contributed by atoms with van der Waals surface area (Å²) in [6.45, 7) is 6.51. The number of hydrogen-bond acceptors (Lipinski definition) is 5. The normalized spacial score (nSPS) is 13.1. The van der Waals surface area contributed by atoms with E-state index in [1.54, 1.807) is 0 Å². The lowest BCUT2D eigenvalue weighted by atomic mass is 10.0. The average molecular weight is 836 g/mol. The minimum absolute atomic E-state index is 0.0880. The molecule has 0 heterocycles. The van der Waals surface area contributed by atoms with Crippen LogP contribution in [-0.4, -0.2) is 46.9 Å². The molecule has 0 fully saturated rings. The van der Waals surface area contributed by atoms with Gasteiger partial charge in [-0.1, -0.05) is 265 Å². The summed E-state index contributed by atoms with van der Waals surface area (Å²) >= 11 is 0. The largest absolute Gasteiger partial charge is 0.462 e. The summed E-state index contributed by atoms with van der Waals surface area (Å²) in [4.78, 5) is 26.1. The number of aliphatic hydroxyl groups is 2. The van der Waals surface area contributed by atoms with Gasteiger partial charge in [0.1, 0.15) is 6.10 Å². The molecule has 0 saturated heterocycles. The van der Waals surface area contributed by atoms with Gasteiger partial charge < -0.3 is 20.3 Å². The van der Waals surface area contributed by atoms with Crippen LogP contribution in [0.1, 0.15) is 303 Å². The number of amides is 1. The van der Waals surface area contributed by atoms with Crippen LogP contribution in [0.15, 0.2) is 0 Å². The second-order valence-corrected chi connectivity index (χ2v) is 18.6. The third-order valence-electron chi connectivity index (χ3n) is 12.7. The quantitative estimate of drug-likeness (QED) is 0.0419. The molecule has 0 rings (SSSR count). The molecule has 352 valence electrons. The Morgan fingerprint density at radius 1 is 0.424 bits per heavy atom. The molecule has 0 aliphatic heterocycles. The summed E-state index contributed by atoms with van der Waals surface area (Å²) in [7, 11) is 0. The molecule has 0 aromatic rings. The topological polar surface area (TPSA) is 95.9 Å². The fourth-order valence-corrected chi connectivity index (χ4v) is 8.61. The molecule has 59 heavy (non-hydrogen) atoms. The van der Waals surface area contributed by atoms with Gasteiger partial charge in [0.25, 0.3) is 0 Å². The van der Waals surface area contributed by atoms with Gasteiger partial charge in [-0.15, -0.1) is 0 Å². The van der Waals surface area contributed by atoms with Crippen molar-refractivity contribution in [1.82, 2.24) is 5.32 Å². The number of hydrogen-bond donors (Lipinski definition) is 3. The van der Waals surface area contributed by atoms with Crippen molar-refractivity contribution in [2.45, 2.75) is 322 Å². The molecule has 0 saturated carbocycles. The maximum absolute atomic E-state index is 13.2. The Balaban J connectivity index is 4.51. The minimum atomic E-state index is -0.778. The van der Waals surface area contributed by atoms with Gasteiger partial charge in [-0.05, 0) is 25.7 Å². The molecule has 0 aliphatic rings. The highest BCUT2D eigenvalue weighted by molar-refractivity contribution is 5.77. The fraction of sp³-hybridized carbons (Fsp3) is 0.962.